The molecule has 32 heavy (non-hydrogen) atoms. The monoisotopic (exact) mass is 461 g/mol. The van der Waals surface area contributed by atoms with Crippen molar-refractivity contribution >= 4 is 41.5 Å². The summed E-state index contributed by atoms with van der Waals surface area (Å²) in [6.45, 7) is 2.95. The fourth-order valence-corrected chi connectivity index (χ4v) is 2.40. The van der Waals surface area contributed by atoms with Crippen molar-refractivity contribution in [2.75, 3.05) is 0 Å². The summed E-state index contributed by atoms with van der Waals surface area (Å²) >= 11 is 0. The van der Waals surface area contributed by atoms with Crippen LogP contribution < -0.4 is 27.4 Å². The van der Waals surface area contributed by atoms with Crippen molar-refractivity contribution in [2.45, 2.75) is 57.3 Å². The third-order valence-electron chi connectivity index (χ3n) is 4.01. The minimum atomic E-state index is -1.78. The molecule has 0 bridgehead atoms. The lowest BCUT2D eigenvalue weighted by molar-refractivity contribution is -0.147. The number of carboxylic acid groups (broad SMARTS) is 3. The third-order valence-corrected chi connectivity index (χ3v) is 4.01. The summed E-state index contributed by atoms with van der Waals surface area (Å²) < 4.78 is 0. The first-order chi connectivity index (χ1) is 14.6. The maximum atomic E-state index is 12.6. The lowest BCUT2D eigenvalue weighted by atomic mass is 10.0. The van der Waals surface area contributed by atoms with Crippen molar-refractivity contribution in [3.05, 3.63) is 0 Å². The molecule has 0 spiro atoms. The zero-order valence-electron chi connectivity index (χ0n) is 17.4. The molecule has 0 aromatic rings. The summed E-state index contributed by atoms with van der Waals surface area (Å²) in [5.41, 5.74) is 10.4. The Morgan fingerprint density at radius 2 is 1.19 bits per heavy atom. The highest BCUT2D eigenvalue weighted by atomic mass is 16.4. The van der Waals surface area contributed by atoms with E-state index in [4.69, 9.17) is 26.8 Å². The second-order valence-corrected chi connectivity index (χ2v) is 7.16. The van der Waals surface area contributed by atoms with Crippen LogP contribution in [-0.4, -0.2) is 81.0 Å². The van der Waals surface area contributed by atoms with Gasteiger partial charge < -0.3 is 42.7 Å². The van der Waals surface area contributed by atoms with Gasteiger partial charge in [0.15, 0.2) is 0 Å². The Hall–Kier alpha value is -3.75. The molecule has 0 aromatic heterocycles. The SMILES string of the molecule is CC(C)C(NC(=O)C(CC(=O)O)NC(=O)C(N)CC(N)=O)C(=O)NC(CC(=O)O)C(=O)O. The van der Waals surface area contributed by atoms with E-state index in [1.54, 1.807) is 0 Å². The van der Waals surface area contributed by atoms with Gasteiger partial charge in [0.2, 0.25) is 23.6 Å². The van der Waals surface area contributed by atoms with Crippen molar-refractivity contribution in [2.24, 2.45) is 17.4 Å². The Morgan fingerprint density at radius 3 is 1.59 bits per heavy atom. The number of carboxylic acids is 3. The molecule has 0 fully saturated rings. The molecule has 0 aliphatic heterocycles. The van der Waals surface area contributed by atoms with Crippen LogP contribution in [-0.2, 0) is 33.6 Å². The molecule has 0 aliphatic carbocycles. The molecule has 10 N–H and O–H groups in total. The molecule has 0 saturated heterocycles. The normalized spacial score (nSPS) is 14.4. The summed E-state index contributed by atoms with van der Waals surface area (Å²) in [7, 11) is 0. The van der Waals surface area contributed by atoms with E-state index in [0.29, 0.717) is 0 Å². The smallest absolute Gasteiger partial charge is 0.326 e. The zero-order chi connectivity index (χ0) is 25.2. The number of aliphatic carboxylic acids is 3. The van der Waals surface area contributed by atoms with E-state index in [-0.39, 0.29) is 0 Å². The van der Waals surface area contributed by atoms with Crippen molar-refractivity contribution in [1.29, 1.82) is 0 Å². The summed E-state index contributed by atoms with van der Waals surface area (Å²) in [6, 6.07) is -6.32. The van der Waals surface area contributed by atoms with Crippen LogP contribution in [0.3, 0.4) is 0 Å². The Labute approximate surface area is 181 Å². The number of nitrogens with two attached hydrogens (primary N) is 2. The van der Waals surface area contributed by atoms with Crippen LogP contribution in [0.25, 0.3) is 0 Å². The first kappa shape index (κ1) is 28.2. The molecular formula is C17H27N5O10. The molecule has 0 heterocycles. The van der Waals surface area contributed by atoms with E-state index in [0.717, 1.165) is 0 Å². The topological polar surface area (TPSA) is 268 Å². The molecule has 0 aliphatic rings. The number of carbonyl (C=O) groups excluding carboxylic acids is 4. The predicted octanol–water partition coefficient (Wildman–Crippen LogP) is -3.67. The van der Waals surface area contributed by atoms with Gasteiger partial charge in [-0.2, -0.15) is 0 Å². The van der Waals surface area contributed by atoms with Gasteiger partial charge in [-0.25, -0.2) is 4.79 Å². The third kappa shape index (κ3) is 10.3. The van der Waals surface area contributed by atoms with Gasteiger partial charge >= 0.3 is 17.9 Å². The first-order valence-corrected chi connectivity index (χ1v) is 9.27. The molecule has 15 nitrogen and oxygen atoms in total. The number of nitrogens with one attached hydrogen (secondary N) is 3. The van der Waals surface area contributed by atoms with Crippen molar-refractivity contribution < 1.29 is 48.9 Å². The molecule has 4 atom stereocenters. The van der Waals surface area contributed by atoms with E-state index in [9.17, 15) is 33.6 Å². The van der Waals surface area contributed by atoms with E-state index in [2.05, 4.69) is 10.6 Å². The molecule has 4 unspecified atom stereocenters. The molecule has 0 radical (unpaired) electrons. The molecule has 180 valence electrons. The van der Waals surface area contributed by atoms with Gasteiger partial charge in [-0.15, -0.1) is 0 Å². The van der Waals surface area contributed by atoms with Crippen LogP contribution in [0.5, 0.6) is 0 Å². The Kier molecular flexibility index (Phi) is 11.3. The predicted molar refractivity (Wildman–Crippen MR) is 105 cm³/mol. The molecule has 4 amide bonds. The Balaban J connectivity index is 5.47. The number of amides is 4. The number of rotatable bonds is 14. The molecule has 0 aromatic carbocycles. The van der Waals surface area contributed by atoms with Gasteiger partial charge in [0, 0.05) is 0 Å². The number of carbonyl (C=O) groups is 7. The summed E-state index contributed by atoms with van der Waals surface area (Å²) in [6.07, 6.45) is -2.39. The van der Waals surface area contributed by atoms with Gasteiger partial charge in [-0.05, 0) is 5.92 Å². The zero-order valence-corrected chi connectivity index (χ0v) is 17.4. The van der Waals surface area contributed by atoms with Crippen LogP contribution >= 0.6 is 0 Å². The van der Waals surface area contributed by atoms with Crippen molar-refractivity contribution in [3.8, 4) is 0 Å². The second-order valence-electron chi connectivity index (χ2n) is 7.16. The van der Waals surface area contributed by atoms with Crippen LogP contribution in [0, 0.1) is 5.92 Å². The quantitative estimate of drug-likeness (QED) is 0.125. The largest absolute Gasteiger partial charge is 0.481 e. The number of hydrogen-bond donors (Lipinski definition) is 8. The highest BCUT2D eigenvalue weighted by Crippen LogP contribution is 2.06. The molecule has 15 heteroatoms. The fourth-order valence-electron chi connectivity index (χ4n) is 2.40. The van der Waals surface area contributed by atoms with Crippen LogP contribution in [0.2, 0.25) is 0 Å². The lowest BCUT2D eigenvalue weighted by Crippen LogP contribution is -2.59. The van der Waals surface area contributed by atoms with Gasteiger partial charge in [0.05, 0.1) is 25.3 Å². The molecule has 0 rings (SSSR count). The number of primary amides is 1. The summed E-state index contributed by atoms with van der Waals surface area (Å²) in [4.78, 5) is 80.9. The highest BCUT2D eigenvalue weighted by molar-refractivity contribution is 5.96. The molecular weight excluding hydrogens is 434 g/mol. The van der Waals surface area contributed by atoms with E-state index >= 15 is 0 Å². The average molecular weight is 461 g/mol. The molecule has 0 saturated carbocycles. The van der Waals surface area contributed by atoms with Crippen LogP contribution in [0.15, 0.2) is 0 Å². The van der Waals surface area contributed by atoms with Gasteiger partial charge in [0.25, 0.3) is 0 Å². The minimum absolute atomic E-state index is 0.565. The van der Waals surface area contributed by atoms with E-state index in [1.165, 1.54) is 13.8 Å². The van der Waals surface area contributed by atoms with Crippen LogP contribution in [0.4, 0.5) is 0 Å². The fraction of sp³-hybridized carbons (Fsp3) is 0.588. The van der Waals surface area contributed by atoms with Crippen LogP contribution in [0.1, 0.15) is 33.1 Å². The summed E-state index contributed by atoms with van der Waals surface area (Å²) in [5.74, 6) is -9.31. The maximum absolute atomic E-state index is 12.6. The Bertz CT molecular complexity index is 769. The van der Waals surface area contributed by atoms with Gasteiger partial charge in [-0.1, -0.05) is 13.8 Å². The standard InChI is InChI=1S/C17H27N5O10/c1-6(2)13(16(30)21-9(17(31)32)5-12(26)27)22-15(29)8(4-11(24)25)20-14(28)7(18)3-10(19)23/h6-9,13H,3-5,18H2,1-2H3,(H2,19,23)(H,20,28)(H,21,30)(H,22,29)(H,24,25)(H,26,27)(H,31,32). The first-order valence-electron chi connectivity index (χ1n) is 9.27. The number of hydrogen-bond acceptors (Lipinski definition) is 8. The maximum Gasteiger partial charge on any atom is 0.326 e. The van der Waals surface area contributed by atoms with Gasteiger partial charge in [-0.3, -0.25) is 28.8 Å². The highest BCUT2D eigenvalue weighted by Gasteiger charge is 2.33. The summed E-state index contributed by atoms with van der Waals surface area (Å²) in [5, 5.41) is 33.1. The lowest BCUT2D eigenvalue weighted by Gasteiger charge is -2.26. The van der Waals surface area contributed by atoms with Crippen molar-refractivity contribution in [1.82, 2.24) is 16.0 Å². The average Bonchev–Trinajstić information content (AvgIpc) is 2.62. The van der Waals surface area contributed by atoms with E-state index in [1.807, 2.05) is 5.32 Å². The van der Waals surface area contributed by atoms with E-state index < -0.39 is 90.9 Å². The minimum Gasteiger partial charge on any atom is -0.481 e. The van der Waals surface area contributed by atoms with Crippen molar-refractivity contribution in [3.63, 3.8) is 0 Å². The Morgan fingerprint density at radius 1 is 0.719 bits per heavy atom. The second kappa shape index (κ2) is 12.8. The van der Waals surface area contributed by atoms with Gasteiger partial charge in [0.1, 0.15) is 18.1 Å².